The molecule has 0 fully saturated rings. The second kappa shape index (κ2) is 5.98. The summed E-state index contributed by atoms with van der Waals surface area (Å²) in [6.45, 7) is 6.45. The van der Waals surface area contributed by atoms with Gasteiger partial charge in [-0.05, 0) is 27.8 Å². The van der Waals surface area contributed by atoms with Crippen LogP contribution in [-0.4, -0.2) is 27.7 Å². The number of anilines is 1. The molecule has 1 aromatic rings. The van der Waals surface area contributed by atoms with Crippen LogP contribution in [0.4, 0.5) is 5.82 Å². The maximum Gasteiger partial charge on any atom is 0.148 e. The van der Waals surface area contributed by atoms with E-state index in [1.54, 1.807) is 0 Å². The van der Waals surface area contributed by atoms with E-state index in [-0.39, 0.29) is 18.1 Å². The Bertz CT molecular complexity index is 381. The maximum absolute atomic E-state index is 9.09. The Labute approximate surface area is 115 Å². The highest BCUT2D eigenvalue weighted by molar-refractivity contribution is 9.10. The minimum Gasteiger partial charge on any atom is -0.396 e. The van der Waals surface area contributed by atoms with Gasteiger partial charge in [-0.2, -0.15) is 0 Å². The average Bonchev–Trinajstić information content (AvgIpc) is 2.22. The van der Waals surface area contributed by atoms with Gasteiger partial charge in [0.05, 0.1) is 4.47 Å². The molecule has 0 aromatic carbocycles. The van der Waals surface area contributed by atoms with Crippen molar-refractivity contribution < 1.29 is 5.11 Å². The predicted molar refractivity (Wildman–Crippen MR) is 73.3 cm³/mol. The molecule has 6 heteroatoms. The van der Waals surface area contributed by atoms with E-state index in [1.807, 2.05) is 0 Å². The Hall–Kier alpha value is -0.390. The Kier molecular flexibility index (Phi) is 5.16. The zero-order valence-corrected chi connectivity index (χ0v) is 12.5. The Morgan fingerprint density at radius 2 is 2.12 bits per heavy atom. The van der Waals surface area contributed by atoms with Crippen molar-refractivity contribution in [3.05, 3.63) is 16.0 Å². The molecular formula is C11H17BrClN3O. The third-order valence-electron chi connectivity index (χ3n) is 2.52. The zero-order chi connectivity index (χ0) is 13.1. The molecule has 0 aliphatic carbocycles. The molecule has 0 saturated carbocycles. The second-order valence-electron chi connectivity index (χ2n) is 4.90. The van der Waals surface area contributed by atoms with Crippen LogP contribution >= 0.6 is 27.5 Å². The SMILES string of the molecule is CC(C)(C)C(CCO)Nc1ncnc(Cl)c1Br. The number of aliphatic hydroxyl groups is 1. The predicted octanol–water partition coefficient (Wildman–Crippen LogP) is 3.10. The zero-order valence-electron chi connectivity index (χ0n) is 10.2. The van der Waals surface area contributed by atoms with Crippen molar-refractivity contribution in [3.8, 4) is 0 Å². The quantitative estimate of drug-likeness (QED) is 0.836. The summed E-state index contributed by atoms with van der Waals surface area (Å²) in [6.07, 6.45) is 2.06. The van der Waals surface area contributed by atoms with Gasteiger partial charge in [-0.3, -0.25) is 0 Å². The number of aromatic nitrogens is 2. The van der Waals surface area contributed by atoms with Gasteiger partial charge in [0.1, 0.15) is 17.3 Å². The summed E-state index contributed by atoms with van der Waals surface area (Å²) in [6, 6.07) is 0.106. The number of hydrogen-bond acceptors (Lipinski definition) is 4. The number of nitrogens with one attached hydrogen (secondary N) is 1. The van der Waals surface area contributed by atoms with E-state index in [1.165, 1.54) is 6.33 Å². The summed E-state index contributed by atoms with van der Waals surface area (Å²) in [4.78, 5) is 8.01. The summed E-state index contributed by atoms with van der Waals surface area (Å²) in [5.41, 5.74) is 0.0135. The van der Waals surface area contributed by atoms with Gasteiger partial charge in [0, 0.05) is 12.6 Å². The molecule has 0 aliphatic rings. The molecule has 1 unspecified atom stereocenters. The monoisotopic (exact) mass is 321 g/mol. The molecule has 1 aromatic heterocycles. The molecule has 0 bridgehead atoms. The van der Waals surface area contributed by atoms with E-state index in [2.05, 4.69) is 52.0 Å². The Morgan fingerprint density at radius 1 is 1.47 bits per heavy atom. The van der Waals surface area contributed by atoms with E-state index in [9.17, 15) is 0 Å². The molecule has 96 valence electrons. The number of halogens is 2. The number of aliphatic hydroxyl groups excluding tert-OH is 1. The fourth-order valence-corrected chi connectivity index (χ4v) is 1.92. The van der Waals surface area contributed by atoms with Gasteiger partial charge in [0.15, 0.2) is 0 Å². The van der Waals surface area contributed by atoms with Gasteiger partial charge < -0.3 is 10.4 Å². The largest absolute Gasteiger partial charge is 0.396 e. The van der Waals surface area contributed by atoms with Crippen molar-refractivity contribution in [1.82, 2.24) is 9.97 Å². The summed E-state index contributed by atoms with van der Waals surface area (Å²) >= 11 is 9.25. The summed E-state index contributed by atoms with van der Waals surface area (Å²) < 4.78 is 0.647. The van der Waals surface area contributed by atoms with E-state index >= 15 is 0 Å². The standard InChI is InChI=1S/C11H17BrClN3O/c1-11(2,3)7(4-5-17)16-10-8(12)9(13)14-6-15-10/h6-7,17H,4-5H2,1-3H3,(H,14,15,16). The van der Waals surface area contributed by atoms with E-state index in [4.69, 9.17) is 16.7 Å². The molecule has 2 N–H and O–H groups in total. The first-order valence-corrected chi connectivity index (χ1v) is 6.56. The van der Waals surface area contributed by atoms with Crippen LogP contribution in [0.1, 0.15) is 27.2 Å². The molecular weight excluding hydrogens is 305 g/mol. The molecule has 1 atom stereocenters. The normalized spacial score (nSPS) is 13.5. The first kappa shape index (κ1) is 14.7. The Balaban J connectivity index is 2.90. The highest BCUT2D eigenvalue weighted by atomic mass is 79.9. The van der Waals surface area contributed by atoms with Crippen LogP contribution in [0.25, 0.3) is 0 Å². The summed E-state index contributed by atoms with van der Waals surface area (Å²) in [7, 11) is 0. The molecule has 0 aliphatic heterocycles. The Morgan fingerprint density at radius 3 is 2.65 bits per heavy atom. The highest BCUT2D eigenvalue weighted by Gasteiger charge is 2.25. The lowest BCUT2D eigenvalue weighted by Gasteiger charge is -2.31. The highest BCUT2D eigenvalue weighted by Crippen LogP contribution is 2.30. The number of rotatable bonds is 4. The lowest BCUT2D eigenvalue weighted by Crippen LogP contribution is -2.35. The van der Waals surface area contributed by atoms with Crippen LogP contribution in [-0.2, 0) is 0 Å². The molecule has 0 amide bonds. The van der Waals surface area contributed by atoms with Gasteiger partial charge in [-0.1, -0.05) is 32.4 Å². The fourth-order valence-electron chi connectivity index (χ4n) is 1.46. The van der Waals surface area contributed by atoms with Crippen molar-refractivity contribution in [1.29, 1.82) is 0 Å². The molecule has 0 radical (unpaired) electrons. The number of nitrogens with zero attached hydrogens (tertiary/aromatic N) is 2. The lowest BCUT2D eigenvalue weighted by molar-refractivity contribution is 0.235. The van der Waals surface area contributed by atoms with Gasteiger partial charge in [0.2, 0.25) is 0 Å². The smallest absolute Gasteiger partial charge is 0.148 e. The maximum atomic E-state index is 9.09. The first-order valence-electron chi connectivity index (χ1n) is 5.39. The van der Waals surface area contributed by atoms with Crippen LogP contribution < -0.4 is 5.32 Å². The molecule has 17 heavy (non-hydrogen) atoms. The average molecular weight is 323 g/mol. The van der Waals surface area contributed by atoms with Crippen LogP contribution in [0.2, 0.25) is 5.15 Å². The van der Waals surface area contributed by atoms with E-state index in [0.717, 1.165) is 0 Å². The molecule has 1 rings (SSSR count). The fraction of sp³-hybridized carbons (Fsp3) is 0.636. The van der Waals surface area contributed by atoms with E-state index < -0.39 is 0 Å². The van der Waals surface area contributed by atoms with Gasteiger partial charge in [-0.25, -0.2) is 9.97 Å². The molecule has 0 saturated heterocycles. The van der Waals surface area contributed by atoms with Crippen molar-refractivity contribution in [2.75, 3.05) is 11.9 Å². The topological polar surface area (TPSA) is 58.0 Å². The minimum absolute atomic E-state index is 0.0135. The van der Waals surface area contributed by atoms with Gasteiger partial charge in [-0.15, -0.1) is 0 Å². The minimum atomic E-state index is 0.0135. The van der Waals surface area contributed by atoms with Crippen LogP contribution in [0.15, 0.2) is 10.8 Å². The van der Waals surface area contributed by atoms with Crippen molar-refractivity contribution in [2.24, 2.45) is 5.41 Å². The van der Waals surface area contributed by atoms with Crippen molar-refractivity contribution in [3.63, 3.8) is 0 Å². The number of hydrogen-bond donors (Lipinski definition) is 2. The van der Waals surface area contributed by atoms with E-state index in [0.29, 0.717) is 21.9 Å². The third-order valence-corrected chi connectivity index (χ3v) is 3.79. The van der Waals surface area contributed by atoms with Crippen molar-refractivity contribution in [2.45, 2.75) is 33.2 Å². The summed E-state index contributed by atoms with van der Waals surface area (Å²) in [5, 5.41) is 12.8. The molecule has 0 spiro atoms. The molecule has 1 heterocycles. The van der Waals surface area contributed by atoms with Gasteiger partial charge >= 0.3 is 0 Å². The lowest BCUT2D eigenvalue weighted by atomic mass is 9.85. The molecule has 4 nitrogen and oxygen atoms in total. The summed E-state index contributed by atoms with van der Waals surface area (Å²) in [5.74, 6) is 0.651. The second-order valence-corrected chi connectivity index (χ2v) is 6.05. The van der Waals surface area contributed by atoms with Crippen LogP contribution in [0.3, 0.4) is 0 Å². The van der Waals surface area contributed by atoms with Crippen LogP contribution in [0, 0.1) is 5.41 Å². The third kappa shape index (κ3) is 4.08. The van der Waals surface area contributed by atoms with Crippen molar-refractivity contribution >= 4 is 33.3 Å². The first-order chi connectivity index (χ1) is 7.86. The van der Waals surface area contributed by atoms with Crippen LogP contribution in [0.5, 0.6) is 0 Å². The van der Waals surface area contributed by atoms with Gasteiger partial charge in [0.25, 0.3) is 0 Å².